The van der Waals surface area contributed by atoms with E-state index < -0.39 is 0 Å². The fourth-order valence-electron chi connectivity index (χ4n) is 0.652. The van der Waals surface area contributed by atoms with Crippen LogP contribution in [-0.4, -0.2) is 26.9 Å². The minimum Gasteiger partial charge on any atom is -0.382 e. The van der Waals surface area contributed by atoms with Crippen molar-refractivity contribution in [3.63, 3.8) is 0 Å². The molecule has 0 amide bonds. The lowest BCUT2D eigenvalue weighted by molar-refractivity contribution is 0.0310. The van der Waals surface area contributed by atoms with E-state index in [-0.39, 0.29) is 0 Å². The zero-order chi connectivity index (χ0) is 9.61. The van der Waals surface area contributed by atoms with Crippen molar-refractivity contribution < 1.29 is 9.47 Å². The third kappa shape index (κ3) is 5.56. The summed E-state index contributed by atoms with van der Waals surface area (Å²) in [5.74, 6) is 0.592. The predicted molar refractivity (Wildman–Crippen MR) is 51.3 cm³/mol. The molecule has 0 rings (SSSR count). The SMILES string of the molecule is COCCOCC(C)C(C)(C)C. The van der Waals surface area contributed by atoms with Gasteiger partial charge >= 0.3 is 0 Å². The van der Waals surface area contributed by atoms with Crippen molar-refractivity contribution in [1.29, 1.82) is 0 Å². The number of rotatable bonds is 5. The third-order valence-corrected chi connectivity index (χ3v) is 2.28. The van der Waals surface area contributed by atoms with E-state index >= 15 is 0 Å². The van der Waals surface area contributed by atoms with Gasteiger partial charge in [-0.25, -0.2) is 0 Å². The quantitative estimate of drug-likeness (QED) is 0.596. The second-order valence-corrected chi connectivity index (χ2v) is 4.33. The lowest BCUT2D eigenvalue weighted by Crippen LogP contribution is -2.23. The van der Waals surface area contributed by atoms with Crippen LogP contribution in [0.3, 0.4) is 0 Å². The van der Waals surface area contributed by atoms with Gasteiger partial charge in [0.25, 0.3) is 0 Å². The van der Waals surface area contributed by atoms with Crippen molar-refractivity contribution in [2.75, 3.05) is 26.9 Å². The molecule has 0 aromatic heterocycles. The molecule has 74 valence electrons. The highest BCUT2D eigenvalue weighted by molar-refractivity contribution is 4.68. The molecule has 0 aliphatic carbocycles. The molecule has 0 heterocycles. The first-order valence-electron chi connectivity index (χ1n) is 4.55. The Morgan fingerprint density at radius 1 is 1.17 bits per heavy atom. The molecule has 1 unspecified atom stereocenters. The molecule has 12 heavy (non-hydrogen) atoms. The van der Waals surface area contributed by atoms with E-state index in [4.69, 9.17) is 9.47 Å². The average molecular weight is 174 g/mol. The van der Waals surface area contributed by atoms with Gasteiger partial charge in [-0.1, -0.05) is 27.7 Å². The van der Waals surface area contributed by atoms with Gasteiger partial charge in [0.1, 0.15) is 0 Å². The Bertz CT molecular complexity index is 105. The maximum absolute atomic E-state index is 5.44. The average Bonchev–Trinajstić information content (AvgIpc) is 1.96. The molecule has 0 aromatic rings. The van der Waals surface area contributed by atoms with Crippen LogP contribution in [0.15, 0.2) is 0 Å². The summed E-state index contributed by atoms with van der Waals surface area (Å²) in [5, 5.41) is 0. The Hall–Kier alpha value is -0.0800. The summed E-state index contributed by atoms with van der Waals surface area (Å²) in [4.78, 5) is 0. The minimum atomic E-state index is 0.340. The molecule has 2 heteroatoms. The van der Waals surface area contributed by atoms with E-state index in [1.54, 1.807) is 7.11 Å². The molecule has 0 N–H and O–H groups in total. The summed E-state index contributed by atoms with van der Waals surface area (Å²) >= 11 is 0. The fourth-order valence-corrected chi connectivity index (χ4v) is 0.652. The van der Waals surface area contributed by atoms with Crippen LogP contribution >= 0.6 is 0 Å². The van der Waals surface area contributed by atoms with Crippen LogP contribution < -0.4 is 0 Å². The van der Waals surface area contributed by atoms with E-state index in [2.05, 4.69) is 27.7 Å². The molecule has 0 radical (unpaired) electrons. The summed E-state index contributed by atoms with van der Waals surface area (Å²) in [7, 11) is 1.69. The lowest BCUT2D eigenvalue weighted by Gasteiger charge is -2.26. The van der Waals surface area contributed by atoms with Crippen LogP contribution in [0.25, 0.3) is 0 Å². The van der Waals surface area contributed by atoms with Crippen LogP contribution in [0.1, 0.15) is 27.7 Å². The van der Waals surface area contributed by atoms with Gasteiger partial charge in [0.05, 0.1) is 13.2 Å². The zero-order valence-electron chi connectivity index (χ0n) is 9.02. The van der Waals surface area contributed by atoms with Crippen molar-refractivity contribution in [2.24, 2.45) is 11.3 Å². The van der Waals surface area contributed by atoms with Gasteiger partial charge in [-0.3, -0.25) is 0 Å². The monoisotopic (exact) mass is 174 g/mol. The van der Waals surface area contributed by atoms with E-state index in [0.29, 0.717) is 24.5 Å². The highest BCUT2D eigenvalue weighted by Crippen LogP contribution is 2.25. The second-order valence-electron chi connectivity index (χ2n) is 4.33. The van der Waals surface area contributed by atoms with Crippen molar-refractivity contribution in [3.05, 3.63) is 0 Å². The van der Waals surface area contributed by atoms with Crippen LogP contribution in [0.4, 0.5) is 0 Å². The number of methoxy groups -OCH3 is 1. The zero-order valence-corrected chi connectivity index (χ0v) is 9.02. The molecule has 0 saturated heterocycles. The number of hydrogen-bond acceptors (Lipinski definition) is 2. The van der Waals surface area contributed by atoms with Gasteiger partial charge < -0.3 is 9.47 Å². The van der Waals surface area contributed by atoms with Crippen LogP contribution in [0, 0.1) is 11.3 Å². The Labute approximate surface area is 76.3 Å². The summed E-state index contributed by atoms with van der Waals surface area (Å²) in [6.07, 6.45) is 0. The topological polar surface area (TPSA) is 18.5 Å². The van der Waals surface area contributed by atoms with E-state index in [1.807, 2.05) is 0 Å². The van der Waals surface area contributed by atoms with Gasteiger partial charge in [0.15, 0.2) is 0 Å². The molecule has 1 atom stereocenters. The maximum Gasteiger partial charge on any atom is 0.0700 e. The first kappa shape index (κ1) is 11.9. The van der Waals surface area contributed by atoms with Gasteiger partial charge in [-0.15, -0.1) is 0 Å². The molecular weight excluding hydrogens is 152 g/mol. The molecule has 2 nitrogen and oxygen atoms in total. The van der Waals surface area contributed by atoms with Gasteiger partial charge in [0, 0.05) is 13.7 Å². The smallest absolute Gasteiger partial charge is 0.0700 e. The van der Waals surface area contributed by atoms with Crippen molar-refractivity contribution >= 4 is 0 Å². The number of hydrogen-bond donors (Lipinski definition) is 0. The second kappa shape index (κ2) is 5.55. The summed E-state index contributed by atoms with van der Waals surface area (Å²) in [6, 6.07) is 0. The lowest BCUT2D eigenvalue weighted by atomic mass is 9.83. The largest absolute Gasteiger partial charge is 0.382 e. The third-order valence-electron chi connectivity index (χ3n) is 2.28. The van der Waals surface area contributed by atoms with E-state index in [9.17, 15) is 0 Å². The predicted octanol–water partition coefficient (Wildman–Crippen LogP) is 2.33. The first-order chi connectivity index (χ1) is 5.48. The van der Waals surface area contributed by atoms with Crippen LogP contribution in [0.5, 0.6) is 0 Å². The van der Waals surface area contributed by atoms with Crippen LogP contribution in [0.2, 0.25) is 0 Å². The number of ether oxygens (including phenoxy) is 2. The molecular formula is C10H22O2. The summed E-state index contributed by atoms with van der Waals surface area (Å²) < 4.78 is 10.3. The minimum absolute atomic E-state index is 0.340. The standard InChI is InChI=1S/C10H22O2/c1-9(10(2,3)4)8-12-7-6-11-5/h9H,6-8H2,1-5H3. The Balaban J connectivity index is 3.38. The van der Waals surface area contributed by atoms with Gasteiger partial charge in [-0.05, 0) is 11.3 Å². The van der Waals surface area contributed by atoms with Crippen molar-refractivity contribution in [1.82, 2.24) is 0 Å². The molecule has 0 aliphatic heterocycles. The Morgan fingerprint density at radius 3 is 2.17 bits per heavy atom. The summed E-state index contributed by atoms with van der Waals surface area (Å²) in [5.41, 5.74) is 0.340. The molecule has 0 bridgehead atoms. The Kier molecular flexibility index (Phi) is 5.51. The van der Waals surface area contributed by atoms with Gasteiger partial charge in [-0.2, -0.15) is 0 Å². The fraction of sp³-hybridized carbons (Fsp3) is 1.00. The van der Waals surface area contributed by atoms with Crippen molar-refractivity contribution in [2.45, 2.75) is 27.7 Å². The molecule has 0 aliphatic rings. The highest BCUT2D eigenvalue weighted by atomic mass is 16.5. The molecule has 0 saturated carbocycles. The molecule has 0 fully saturated rings. The maximum atomic E-state index is 5.44. The van der Waals surface area contributed by atoms with E-state index in [0.717, 1.165) is 6.61 Å². The molecule has 0 aromatic carbocycles. The van der Waals surface area contributed by atoms with Crippen LogP contribution in [-0.2, 0) is 9.47 Å². The van der Waals surface area contributed by atoms with Crippen molar-refractivity contribution in [3.8, 4) is 0 Å². The highest BCUT2D eigenvalue weighted by Gasteiger charge is 2.19. The van der Waals surface area contributed by atoms with E-state index in [1.165, 1.54) is 0 Å². The Morgan fingerprint density at radius 2 is 1.75 bits per heavy atom. The van der Waals surface area contributed by atoms with Gasteiger partial charge in [0.2, 0.25) is 0 Å². The first-order valence-corrected chi connectivity index (χ1v) is 4.55. The normalized spacial score (nSPS) is 14.8. The summed E-state index contributed by atoms with van der Waals surface area (Å²) in [6.45, 7) is 11.1. The molecule has 0 spiro atoms.